The molecule has 4 nitrogen and oxygen atoms in total. The Bertz CT molecular complexity index is 1160. The van der Waals surface area contributed by atoms with Crippen molar-refractivity contribution in [1.29, 1.82) is 0 Å². The van der Waals surface area contributed by atoms with Crippen molar-refractivity contribution in [1.82, 2.24) is 9.97 Å². The van der Waals surface area contributed by atoms with E-state index in [4.69, 9.17) is 22.3 Å². The Labute approximate surface area is 188 Å². The predicted molar refractivity (Wildman–Crippen MR) is 129 cm³/mol. The molecule has 5 heteroatoms. The molecule has 4 aromatic rings. The van der Waals surface area contributed by atoms with Gasteiger partial charge in [0.25, 0.3) is 0 Å². The van der Waals surface area contributed by atoms with Crippen molar-refractivity contribution in [2.75, 3.05) is 11.9 Å². The van der Waals surface area contributed by atoms with Gasteiger partial charge in [-0.3, -0.25) is 4.98 Å². The fourth-order valence-electron chi connectivity index (χ4n) is 3.62. The van der Waals surface area contributed by atoms with E-state index in [-0.39, 0.29) is 6.04 Å². The highest BCUT2D eigenvalue weighted by Gasteiger charge is 2.12. The molecule has 2 aromatic carbocycles. The topological polar surface area (TPSA) is 63.8 Å². The molecule has 0 saturated carbocycles. The van der Waals surface area contributed by atoms with Gasteiger partial charge in [-0.15, -0.1) is 0 Å². The van der Waals surface area contributed by atoms with Crippen molar-refractivity contribution < 1.29 is 0 Å². The summed E-state index contributed by atoms with van der Waals surface area (Å²) in [5.41, 5.74) is 12.7. The van der Waals surface area contributed by atoms with E-state index in [9.17, 15) is 0 Å². The van der Waals surface area contributed by atoms with Crippen LogP contribution in [0.25, 0.3) is 22.4 Å². The third-order valence-electron chi connectivity index (χ3n) is 5.24. The van der Waals surface area contributed by atoms with Gasteiger partial charge in [-0.2, -0.15) is 0 Å². The number of pyridine rings is 2. The molecule has 2 heterocycles. The third kappa shape index (κ3) is 5.10. The molecule has 4 rings (SSSR count). The lowest BCUT2D eigenvalue weighted by Crippen LogP contribution is -2.16. The van der Waals surface area contributed by atoms with Crippen molar-refractivity contribution in [3.05, 3.63) is 101 Å². The molecular weight excluding hydrogens is 404 g/mol. The minimum Gasteiger partial charge on any atom is -0.370 e. The van der Waals surface area contributed by atoms with Crippen LogP contribution in [0.3, 0.4) is 0 Å². The Morgan fingerprint density at radius 1 is 0.935 bits per heavy atom. The molecular formula is C26H25ClN4. The maximum Gasteiger partial charge on any atom is 0.126 e. The molecule has 3 N–H and O–H groups in total. The first-order chi connectivity index (χ1) is 15.1. The number of hydrogen-bond donors (Lipinski definition) is 2. The standard InChI is InChI=1S/C26H25ClN4/c1-18-5-4-6-20(17-18)21-9-10-25(31-26(21)19-11-14-29-15-12-19)30-16-13-24(28)22-7-2-3-8-23(22)27/h2-12,14-15,17,24H,13,16,28H2,1H3,(H,30,31). The maximum absolute atomic E-state index is 6.34. The van der Waals surface area contributed by atoms with Gasteiger partial charge in [0.2, 0.25) is 0 Å². The largest absolute Gasteiger partial charge is 0.370 e. The second-order valence-corrected chi connectivity index (χ2v) is 7.95. The van der Waals surface area contributed by atoms with E-state index in [2.05, 4.69) is 47.6 Å². The summed E-state index contributed by atoms with van der Waals surface area (Å²) < 4.78 is 0. The summed E-state index contributed by atoms with van der Waals surface area (Å²) in [5, 5.41) is 4.12. The number of nitrogens with one attached hydrogen (secondary N) is 1. The number of aromatic nitrogens is 2. The molecule has 0 spiro atoms. The van der Waals surface area contributed by atoms with Crippen molar-refractivity contribution >= 4 is 17.4 Å². The van der Waals surface area contributed by atoms with Crippen molar-refractivity contribution in [2.45, 2.75) is 19.4 Å². The van der Waals surface area contributed by atoms with Crippen LogP contribution in [0.15, 0.2) is 85.2 Å². The number of nitrogens with zero attached hydrogens (tertiary/aromatic N) is 2. The van der Waals surface area contributed by atoms with E-state index in [1.165, 1.54) is 5.56 Å². The second kappa shape index (κ2) is 9.73. The number of hydrogen-bond acceptors (Lipinski definition) is 4. The van der Waals surface area contributed by atoms with E-state index in [0.29, 0.717) is 11.6 Å². The van der Waals surface area contributed by atoms with Gasteiger partial charge in [0, 0.05) is 41.1 Å². The minimum absolute atomic E-state index is 0.132. The number of anilines is 1. The number of rotatable bonds is 7. The molecule has 0 saturated heterocycles. The summed E-state index contributed by atoms with van der Waals surface area (Å²) in [5.74, 6) is 0.814. The van der Waals surface area contributed by atoms with E-state index in [0.717, 1.165) is 40.2 Å². The summed E-state index contributed by atoms with van der Waals surface area (Å²) in [6, 6.07) is 24.2. The van der Waals surface area contributed by atoms with Crippen LogP contribution < -0.4 is 11.1 Å². The Balaban J connectivity index is 1.56. The fraction of sp³-hybridized carbons (Fsp3) is 0.154. The molecule has 0 radical (unpaired) electrons. The number of aryl methyl sites for hydroxylation is 1. The van der Waals surface area contributed by atoms with Gasteiger partial charge in [-0.25, -0.2) is 4.98 Å². The quantitative estimate of drug-likeness (QED) is 0.364. The number of halogens is 1. The van der Waals surface area contributed by atoms with Crippen molar-refractivity contribution in [3.63, 3.8) is 0 Å². The number of nitrogens with two attached hydrogens (primary N) is 1. The van der Waals surface area contributed by atoms with Gasteiger partial charge in [0.05, 0.1) is 5.69 Å². The molecule has 1 atom stereocenters. The first-order valence-electron chi connectivity index (χ1n) is 10.3. The Kier molecular flexibility index (Phi) is 6.60. The van der Waals surface area contributed by atoms with Gasteiger partial charge < -0.3 is 11.1 Å². The van der Waals surface area contributed by atoms with Gasteiger partial charge in [-0.1, -0.05) is 59.6 Å². The van der Waals surface area contributed by atoms with Crippen molar-refractivity contribution in [2.24, 2.45) is 5.73 Å². The van der Waals surface area contributed by atoms with E-state index in [1.807, 2.05) is 42.5 Å². The van der Waals surface area contributed by atoms with Crippen LogP contribution in [-0.2, 0) is 0 Å². The first-order valence-corrected chi connectivity index (χ1v) is 10.7. The second-order valence-electron chi connectivity index (χ2n) is 7.54. The van der Waals surface area contributed by atoms with Crippen LogP contribution in [0.2, 0.25) is 5.02 Å². The molecule has 0 aliphatic rings. The van der Waals surface area contributed by atoms with Crippen molar-refractivity contribution in [3.8, 4) is 22.4 Å². The molecule has 0 fully saturated rings. The highest BCUT2D eigenvalue weighted by atomic mass is 35.5. The molecule has 31 heavy (non-hydrogen) atoms. The first kappa shape index (κ1) is 21.0. The Morgan fingerprint density at radius 2 is 1.74 bits per heavy atom. The lowest BCUT2D eigenvalue weighted by Gasteiger charge is -2.16. The van der Waals surface area contributed by atoms with Crippen LogP contribution in [0.4, 0.5) is 5.82 Å². The van der Waals surface area contributed by atoms with Gasteiger partial charge in [0.1, 0.15) is 5.82 Å². The molecule has 0 bridgehead atoms. The summed E-state index contributed by atoms with van der Waals surface area (Å²) in [4.78, 5) is 9.08. The molecule has 0 aliphatic carbocycles. The molecule has 0 aliphatic heterocycles. The predicted octanol–water partition coefficient (Wildman–Crippen LogP) is 6.27. The summed E-state index contributed by atoms with van der Waals surface area (Å²) in [6.45, 7) is 2.79. The third-order valence-corrected chi connectivity index (χ3v) is 5.59. The van der Waals surface area contributed by atoms with Crippen LogP contribution in [-0.4, -0.2) is 16.5 Å². The maximum atomic E-state index is 6.34. The Morgan fingerprint density at radius 3 is 2.52 bits per heavy atom. The minimum atomic E-state index is -0.132. The summed E-state index contributed by atoms with van der Waals surface area (Å²) in [6.07, 6.45) is 4.33. The smallest absolute Gasteiger partial charge is 0.126 e. The zero-order valence-electron chi connectivity index (χ0n) is 17.4. The fourth-order valence-corrected chi connectivity index (χ4v) is 3.90. The van der Waals surface area contributed by atoms with E-state index >= 15 is 0 Å². The van der Waals surface area contributed by atoms with Crippen LogP contribution >= 0.6 is 11.6 Å². The average molecular weight is 429 g/mol. The summed E-state index contributed by atoms with van der Waals surface area (Å²) >= 11 is 6.27. The highest BCUT2D eigenvalue weighted by molar-refractivity contribution is 6.31. The SMILES string of the molecule is Cc1cccc(-c2ccc(NCCC(N)c3ccccc3Cl)nc2-c2ccncc2)c1. The lowest BCUT2D eigenvalue weighted by molar-refractivity contribution is 0.674. The van der Waals surface area contributed by atoms with Gasteiger partial charge in [-0.05, 0) is 54.8 Å². The monoisotopic (exact) mass is 428 g/mol. The Hall–Kier alpha value is -3.21. The zero-order valence-corrected chi connectivity index (χ0v) is 18.2. The summed E-state index contributed by atoms with van der Waals surface area (Å²) in [7, 11) is 0. The van der Waals surface area contributed by atoms with Gasteiger partial charge >= 0.3 is 0 Å². The van der Waals surface area contributed by atoms with Crippen LogP contribution in [0, 0.1) is 6.92 Å². The highest BCUT2D eigenvalue weighted by Crippen LogP contribution is 2.32. The number of benzene rings is 2. The molecule has 1 unspecified atom stereocenters. The molecule has 156 valence electrons. The van der Waals surface area contributed by atoms with Crippen LogP contribution in [0.5, 0.6) is 0 Å². The average Bonchev–Trinajstić information content (AvgIpc) is 2.80. The van der Waals surface area contributed by atoms with Gasteiger partial charge in [0.15, 0.2) is 0 Å². The van der Waals surface area contributed by atoms with E-state index < -0.39 is 0 Å². The molecule has 0 amide bonds. The zero-order chi connectivity index (χ0) is 21.6. The van der Waals surface area contributed by atoms with Crippen LogP contribution in [0.1, 0.15) is 23.6 Å². The van der Waals surface area contributed by atoms with E-state index in [1.54, 1.807) is 12.4 Å². The lowest BCUT2D eigenvalue weighted by atomic mass is 9.98. The normalized spacial score (nSPS) is 11.8. The molecule has 2 aromatic heterocycles.